The number of carbonyl (C=O) groups is 1. The molecule has 0 radical (unpaired) electrons. The molecule has 2 atom stereocenters. The van der Waals surface area contributed by atoms with Crippen molar-refractivity contribution in [2.45, 2.75) is 40.5 Å². The van der Waals surface area contributed by atoms with Crippen molar-refractivity contribution in [1.29, 1.82) is 0 Å². The minimum absolute atomic E-state index is 0.0427. The molecule has 0 aromatic carbocycles. The lowest BCUT2D eigenvalue weighted by molar-refractivity contribution is -0.150. The highest BCUT2D eigenvalue weighted by Crippen LogP contribution is 2.42. The molecule has 0 aromatic rings. The second kappa shape index (κ2) is 4.86. The molecule has 0 saturated carbocycles. The van der Waals surface area contributed by atoms with Gasteiger partial charge in [-0.1, -0.05) is 37.6 Å². The van der Waals surface area contributed by atoms with E-state index in [0.29, 0.717) is 5.92 Å². The number of hydrogen-bond acceptors (Lipinski definition) is 1. The third-order valence-electron chi connectivity index (χ3n) is 3.48. The van der Waals surface area contributed by atoms with Crippen LogP contribution in [0.3, 0.4) is 0 Å². The van der Waals surface area contributed by atoms with E-state index in [4.69, 9.17) is 0 Å². The maximum Gasteiger partial charge on any atom is 0.310 e. The molecule has 0 fully saturated rings. The van der Waals surface area contributed by atoms with Crippen LogP contribution in [0.4, 0.5) is 0 Å². The Morgan fingerprint density at radius 3 is 2.75 bits per heavy atom. The normalized spacial score (nSPS) is 30.8. The molecule has 1 unspecified atom stereocenters. The van der Waals surface area contributed by atoms with Gasteiger partial charge < -0.3 is 5.11 Å². The van der Waals surface area contributed by atoms with E-state index in [1.54, 1.807) is 0 Å². The van der Waals surface area contributed by atoms with Crippen LogP contribution in [0.15, 0.2) is 23.8 Å². The summed E-state index contributed by atoms with van der Waals surface area (Å²) in [6, 6.07) is 0. The van der Waals surface area contributed by atoms with Gasteiger partial charge in [0.2, 0.25) is 0 Å². The Labute approximate surface area is 98.1 Å². The second-order valence-corrected chi connectivity index (χ2v) is 5.32. The third kappa shape index (κ3) is 2.55. The summed E-state index contributed by atoms with van der Waals surface area (Å²) in [5.74, 6) is -0.174. The Bertz CT molecular complexity index is 326. The standard InChI is InChI=1S/C14H22O2/c1-10(2)7-8-12-11(3)6-5-9-14(12,4)13(15)16/h6-8,10,12H,5,9H2,1-4H3,(H,15,16)/t12?,14-/m1/s1. The molecule has 2 heteroatoms. The summed E-state index contributed by atoms with van der Waals surface area (Å²) in [6.07, 6.45) is 7.95. The first-order valence-corrected chi connectivity index (χ1v) is 5.96. The predicted molar refractivity (Wildman–Crippen MR) is 66.2 cm³/mol. The average Bonchev–Trinajstić information content (AvgIpc) is 2.16. The first-order chi connectivity index (χ1) is 7.38. The molecule has 16 heavy (non-hydrogen) atoms. The molecule has 90 valence electrons. The van der Waals surface area contributed by atoms with Gasteiger partial charge in [0.15, 0.2) is 0 Å². The smallest absolute Gasteiger partial charge is 0.310 e. The molecule has 0 bridgehead atoms. The topological polar surface area (TPSA) is 37.3 Å². The van der Waals surface area contributed by atoms with Gasteiger partial charge in [-0.15, -0.1) is 0 Å². The highest BCUT2D eigenvalue weighted by atomic mass is 16.4. The Hall–Kier alpha value is -1.05. The molecule has 1 rings (SSSR count). The van der Waals surface area contributed by atoms with Crippen molar-refractivity contribution < 1.29 is 9.90 Å². The van der Waals surface area contributed by atoms with Crippen LogP contribution >= 0.6 is 0 Å². The summed E-state index contributed by atoms with van der Waals surface area (Å²) < 4.78 is 0. The number of carboxylic acid groups (broad SMARTS) is 1. The van der Waals surface area contributed by atoms with Gasteiger partial charge in [0, 0.05) is 5.92 Å². The van der Waals surface area contributed by atoms with E-state index < -0.39 is 11.4 Å². The van der Waals surface area contributed by atoms with Crippen LogP contribution in [0, 0.1) is 17.3 Å². The molecular formula is C14H22O2. The fourth-order valence-corrected chi connectivity index (χ4v) is 2.32. The van der Waals surface area contributed by atoms with Crippen LogP contribution in [-0.4, -0.2) is 11.1 Å². The highest BCUT2D eigenvalue weighted by Gasteiger charge is 2.42. The van der Waals surface area contributed by atoms with Crippen LogP contribution in [0.5, 0.6) is 0 Å². The van der Waals surface area contributed by atoms with Crippen molar-refractivity contribution in [3.05, 3.63) is 23.8 Å². The average molecular weight is 222 g/mol. The lowest BCUT2D eigenvalue weighted by Crippen LogP contribution is -2.37. The Morgan fingerprint density at radius 2 is 2.25 bits per heavy atom. The van der Waals surface area contributed by atoms with E-state index >= 15 is 0 Å². The lowest BCUT2D eigenvalue weighted by atomic mass is 9.67. The van der Waals surface area contributed by atoms with Crippen molar-refractivity contribution in [2.75, 3.05) is 0 Å². The quantitative estimate of drug-likeness (QED) is 0.740. The minimum Gasteiger partial charge on any atom is -0.481 e. The number of hydrogen-bond donors (Lipinski definition) is 1. The number of aliphatic carboxylic acids is 1. The van der Waals surface area contributed by atoms with Gasteiger partial charge in [-0.2, -0.15) is 0 Å². The summed E-state index contributed by atoms with van der Waals surface area (Å²) in [7, 11) is 0. The fraction of sp³-hybridized carbons (Fsp3) is 0.643. The number of carboxylic acids is 1. The van der Waals surface area contributed by atoms with Crippen LogP contribution < -0.4 is 0 Å². The zero-order valence-electron chi connectivity index (χ0n) is 10.7. The Morgan fingerprint density at radius 1 is 1.62 bits per heavy atom. The summed E-state index contributed by atoms with van der Waals surface area (Å²) in [5.41, 5.74) is 0.553. The summed E-state index contributed by atoms with van der Waals surface area (Å²) in [5, 5.41) is 9.39. The van der Waals surface area contributed by atoms with E-state index in [9.17, 15) is 9.90 Å². The van der Waals surface area contributed by atoms with Crippen LogP contribution in [0.2, 0.25) is 0 Å². The molecule has 0 aromatic heterocycles. The second-order valence-electron chi connectivity index (χ2n) is 5.32. The van der Waals surface area contributed by atoms with Gasteiger partial charge in [0.05, 0.1) is 5.41 Å². The van der Waals surface area contributed by atoms with Crippen molar-refractivity contribution in [2.24, 2.45) is 17.3 Å². The largest absolute Gasteiger partial charge is 0.481 e. The van der Waals surface area contributed by atoms with Crippen molar-refractivity contribution in [3.63, 3.8) is 0 Å². The Balaban J connectivity index is 3.01. The maximum atomic E-state index is 11.4. The van der Waals surface area contributed by atoms with Gasteiger partial charge in [0.1, 0.15) is 0 Å². The summed E-state index contributed by atoms with van der Waals surface area (Å²) in [6.45, 7) is 8.11. The van der Waals surface area contributed by atoms with Gasteiger partial charge in [-0.3, -0.25) is 4.79 Å². The zero-order valence-corrected chi connectivity index (χ0v) is 10.7. The van der Waals surface area contributed by atoms with Crippen LogP contribution in [-0.2, 0) is 4.79 Å². The lowest BCUT2D eigenvalue weighted by Gasteiger charge is -2.36. The van der Waals surface area contributed by atoms with Gasteiger partial charge in [0.25, 0.3) is 0 Å². The predicted octanol–water partition coefficient (Wildman–Crippen LogP) is 3.65. The monoisotopic (exact) mass is 222 g/mol. The molecule has 0 heterocycles. The van der Waals surface area contributed by atoms with E-state index in [1.807, 2.05) is 13.8 Å². The molecular weight excluding hydrogens is 200 g/mol. The van der Waals surface area contributed by atoms with E-state index in [1.165, 1.54) is 5.57 Å². The first-order valence-electron chi connectivity index (χ1n) is 5.96. The van der Waals surface area contributed by atoms with Crippen molar-refractivity contribution in [1.82, 2.24) is 0 Å². The maximum absolute atomic E-state index is 11.4. The minimum atomic E-state index is -0.682. The molecule has 0 spiro atoms. The first kappa shape index (κ1) is 13.0. The van der Waals surface area contributed by atoms with E-state index in [-0.39, 0.29) is 5.92 Å². The zero-order chi connectivity index (χ0) is 12.3. The number of rotatable bonds is 3. The molecule has 1 aliphatic carbocycles. The van der Waals surface area contributed by atoms with Crippen molar-refractivity contribution >= 4 is 5.97 Å². The molecule has 0 aliphatic heterocycles. The molecule has 1 N–H and O–H groups in total. The molecule has 0 amide bonds. The summed E-state index contributed by atoms with van der Waals surface area (Å²) >= 11 is 0. The van der Waals surface area contributed by atoms with Crippen LogP contribution in [0.25, 0.3) is 0 Å². The molecule has 1 aliphatic rings. The number of allylic oxidation sites excluding steroid dienone is 4. The highest BCUT2D eigenvalue weighted by molar-refractivity contribution is 5.76. The van der Waals surface area contributed by atoms with Gasteiger partial charge >= 0.3 is 5.97 Å². The van der Waals surface area contributed by atoms with Crippen molar-refractivity contribution in [3.8, 4) is 0 Å². The molecule has 0 saturated heterocycles. The Kier molecular flexibility index (Phi) is 3.95. The van der Waals surface area contributed by atoms with E-state index in [2.05, 4.69) is 32.1 Å². The molecule has 2 nitrogen and oxygen atoms in total. The van der Waals surface area contributed by atoms with E-state index in [0.717, 1.165) is 12.8 Å². The van der Waals surface area contributed by atoms with Gasteiger partial charge in [-0.25, -0.2) is 0 Å². The fourth-order valence-electron chi connectivity index (χ4n) is 2.32. The SMILES string of the molecule is CC1=CCC[C@@](C)(C(=O)O)C1C=CC(C)C. The third-order valence-corrected chi connectivity index (χ3v) is 3.48. The van der Waals surface area contributed by atoms with Crippen LogP contribution in [0.1, 0.15) is 40.5 Å². The van der Waals surface area contributed by atoms with Gasteiger partial charge in [-0.05, 0) is 32.6 Å². The summed E-state index contributed by atoms with van der Waals surface area (Å²) in [4.78, 5) is 11.4.